The minimum atomic E-state index is -0.485. The summed E-state index contributed by atoms with van der Waals surface area (Å²) in [6.07, 6.45) is 4.60. The monoisotopic (exact) mass is 447 g/mol. The molecule has 3 aliphatic rings. The molecule has 2 N–H and O–H groups in total. The summed E-state index contributed by atoms with van der Waals surface area (Å²) in [6, 6.07) is -0.203. The normalized spacial score (nSPS) is 21.2. The van der Waals surface area contributed by atoms with Gasteiger partial charge in [-0.05, 0) is 24.3 Å². The van der Waals surface area contributed by atoms with E-state index in [1.807, 2.05) is 6.20 Å². The molecule has 11 heteroatoms. The molecule has 10 nitrogen and oxygen atoms in total. The van der Waals surface area contributed by atoms with E-state index in [0.717, 1.165) is 36.3 Å². The predicted octanol–water partition coefficient (Wildman–Crippen LogP) is 2.70. The molecule has 0 aromatic carbocycles. The molecule has 0 unspecified atom stereocenters. The summed E-state index contributed by atoms with van der Waals surface area (Å²) in [5.74, 6) is 0.817. The zero-order valence-corrected chi connectivity index (χ0v) is 18.1. The Morgan fingerprint density at radius 2 is 2.13 bits per heavy atom. The molecule has 31 heavy (non-hydrogen) atoms. The molecule has 3 aliphatic heterocycles. The molecular formula is C20H25N5O5S. The van der Waals surface area contributed by atoms with Gasteiger partial charge in [0.25, 0.3) is 0 Å². The number of hydrogen-bond acceptors (Lipinski definition) is 8. The van der Waals surface area contributed by atoms with E-state index in [4.69, 9.17) is 14.2 Å². The van der Waals surface area contributed by atoms with Crippen LogP contribution in [0.15, 0.2) is 6.20 Å². The maximum Gasteiger partial charge on any atom is 0.407 e. The molecule has 2 aromatic rings. The zero-order valence-electron chi connectivity index (χ0n) is 17.3. The van der Waals surface area contributed by atoms with Crippen LogP contribution in [0.3, 0.4) is 0 Å². The van der Waals surface area contributed by atoms with Gasteiger partial charge in [-0.3, -0.25) is 5.32 Å². The lowest BCUT2D eigenvalue weighted by molar-refractivity contribution is 0.0110. The van der Waals surface area contributed by atoms with Crippen LogP contribution in [0.4, 0.5) is 14.7 Å². The Kier molecular flexibility index (Phi) is 5.30. The second kappa shape index (κ2) is 8.12. The average molecular weight is 448 g/mol. The van der Waals surface area contributed by atoms with Gasteiger partial charge in [0.15, 0.2) is 5.13 Å². The molecule has 3 fully saturated rings. The maximum atomic E-state index is 12.8. The molecule has 5 heterocycles. The van der Waals surface area contributed by atoms with Crippen LogP contribution < -0.4 is 15.4 Å². The number of alkyl carbamates (subject to hydrolysis) is 1. The number of pyridine rings is 1. The number of fused-ring (bicyclic) bond motifs is 1. The van der Waals surface area contributed by atoms with Crippen LogP contribution in [0, 0.1) is 0 Å². The molecule has 5 rings (SSSR count). The number of likely N-dealkylation sites (tertiary alicyclic amines) is 1. The summed E-state index contributed by atoms with van der Waals surface area (Å²) in [5.41, 5.74) is 1.32. The van der Waals surface area contributed by atoms with Crippen LogP contribution in [-0.4, -0.2) is 72.6 Å². The number of methoxy groups -OCH3 is 1. The van der Waals surface area contributed by atoms with Gasteiger partial charge in [0.2, 0.25) is 5.88 Å². The van der Waals surface area contributed by atoms with E-state index < -0.39 is 5.60 Å². The largest absolute Gasteiger partial charge is 0.479 e. The molecule has 3 saturated heterocycles. The average Bonchev–Trinajstić information content (AvgIpc) is 3.37. The van der Waals surface area contributed by atoms with Crippen LogP contribution in [0.5, 0.6) is 5.88 Å². The van der Waals surface area contributed by atoms with Crippen LogP contribution in [0.25, 0.3) is 10.2 Å². The van der Waals surface area contributed by atoms with Gasteiger partial charge in [-0.15, -0.1) is 0 Å². The van der Waals surface area contributed by atoms with Gasteiger partial charge < -0.3 is 24.4 Å². The van der Waals surface area contributed by atoms with Crippen molar-refractivity contribution in [2.45, 2.75) is 37.2 Å². The zero-order chi connectivity index (χ0) is 21.4. The summed E-state index contributed by atoms with van der Waals surface area (Å²) in [7, 11) is 1.57. The summed E-state index contributed by atoms with van der Waals surface area (Å²) in [4.78, 5) is 35.0. The first-order valence-electron chi connectivity index (χ1n) is 10.5. The first kappa shape index (κ1) is 20.3. The van der Waals surface area contributed by atoms with Gasteiger partial charge in [0.05, 0.1) is 18.4 Å². The number of hydrogen-bond donors (Lipinski definition) is 2. The molecule has 0 radical (unpaired) electrons. The van der Waals surface area contributed by atoms with Gasteiger partial charge in [0.1, 0.15) is 11.1 Å². The van der Waals surface area contributed by atoms with Crippen molar-refractivity contribution in [2.75, 3.05) is 45.3 Å². The minimum absolute atomic E-state index is 0.203. The summed E-state index contributed by atoms with van der Waals surface area (Å²) < 4.78 is 17.3. The van der Waals surface area contributed by atoms with E-state index in [1.165, 1.54) is 11.3 Å². The molecule has 2 aromatic heterocycles. The van der Waals surface area contributed by atoms with E-state index in [1.54, 1.807) is 12.0 Å². The minimum Gasteiger partial charge on any atom is -0.479 e. The fraction of sp³-hybridized carbons (Fsp3) is 0.600. The molecule has 0 saturated carbocycles. The Bertz CT molecular complexity index is 997. The van der Waals surface area contributed by atoms with Gasteiger partial charge in [0, 0.05) is 45.3 Å². The molecule has 1 spiro atoms. The van der Waals surface area contributed by atoms with E-state index in [-0.39, 0.29) is 12.1 Å². The number of nitrogens with zero attached hydrogens (tertiary/aromatic N) is 3. The number of rotatable bonds is 3. The van der Waals surface area contributed by atoms with Gasteiger partial charge in [-0.2, -0.15) is 0 Å². The molecule has 166 valence electrons. The van der Waals surface area contributed by atoms with Crippen molar-refractivity contribution in [3.63, 3.8) is 0 Å². The third-order valence-corrected chi connectivity index (χ3v) is 7.33. The highest BCUT2D eigenvalue weighted by Crippen LogP contribution is 2.39. The van der Waals surface area contributed by atoms with Crippen LogP contribution in [0.2, 0.25) is 0 Å². The van der Waals surface area contributed by atoms with E-state index in [9.17, 15) is 9.59 Å². The summed E-state index contributed by atoms with van der Waals surface area (Å²) in [5, 5.41) is 6.16. The van der Waals surface area contributed by atoms with Crippen molar-refractivity contribution in [1.82, 2.24) is 20.2 Å². The standard InChI is InChI=1S/C20H25N5O5S/c1-28-16-14-15(13(10-21-16)12-2-8-29-9-3-12)31-17(23-14)24-18(26)25-6-4-20(5-7-25)11-22-19(27)30-20/h10,12H,2-9,11H2,1H3,(H,22,27)(H,23,24,26). The first-order chi connectivity index (χ1) is 15.1. The predicted molar refractivity (Wildman–Crippen MR) is 114 cm³/mol. The van der Waals surface area contributed by atoms with Crippen molar-refractivity contribution in [1.29, 1.82) is 0 Å². The smallest absolute Gasteiger partial charge is 0.407 e. The number of carbonyl (C=O) groups is 2. The number of anilines is 1. The van der Waals surface area contributed by atoms with E-state index in [2.05, 4.69) is 20.6 Å². The Morgan fingerprint density at radius 3 is 2.81 bits per heavy atom. The number of nitrogens with one attached hydrogen (secondary N) is 2. The van der Waals surface area contributed by atoms with E-state index in [0.29, 0.717) is 54.9 Å². The SMILES string of the molecule is COc1ncc(C2CCOCC2)c2sc(NC(=O)N3CCC4(CC3)CNC(=O)O4)nc12. The van der Waals surface area contributed by atoms with Gasteiger partial charge in [-0.1, -0.05) is 11.3 Å². The Balaban J connectivity index is 1.32. The highest BCUT2D eigenvalue weighted by atomic mass is 32.1. The lowest BCUT2D eigenvalue weighted by atomic mass is 9.92. The molecule has 3 amide bonds. The Labute approximate surface area is 183 Å². The van der Waals surface area contributed by atoms with Crippen molar-refractivity contribution >= 4 is 38.8 Å². The van der Waals surface area contributed by atoms with E-state index >= 15 is 0 Å². The second-order valence-corrected chi connectivity index (χ2v) is 9.15. The van der Waals surface area contributed by atoms with Crippen LogP contribution >= 0.6 is 11.3 Å². The Hall–Kier alpha value is -2.66. The number of piperidine rings is 1. The fourth-order valence-corrected chi connectivity index (χ4v) is 5.52. The lowest BCUT2D eigenvalue weighted by Gasteiger charge is -2.36. The number of urea groups is 1. The number of thiazole rings is 1. The quantitative estimate of drug-likeness (QED) is 0.743. The number of carbonyl (C=O) groups excluding carboxylic acids is 2. The molecule has 0 atom stereocenters. The maximum absolute atomic E-state index is 12.8. The van der Waals surface area contributed by atoms with Crippen LogP contribution in [-0.2, 0) is 9.47 Å². The topological polar surface area (TPSA) is 115 Å². The first-order valence-corrected chi connectivity index (χ1v) is 11.3. The number of amides is 3. The fourth-order valence-electron chi connectivity index (χ4n) is 4.48. The number of aromatic nitrogens is 2. The van der Waals surface area contributed by atoms with Crippen molar-refractivity contribution < 1.29 is 23.8 Å². The number of ether oxygens (including phenoxy) is 3. The lowest BCUT2D eigenvalue weighted by Crippen LogP contribution is -2.49. The van der Waals surface area contributed by atoms with Crippen molar-refractivity contribution in [2.24, 2.45) is 0 Å². The van der Waals surface area contributed by atoms with Crippen molar-refractivity contribution in [3.8, 4) is 5.88 Å². The summed E-state index contributed by atoms with van der Waals surface area (Å²) in [6.45, 7) is 3.01. The highest BCUT2D eigenvalue weighted by molar-refractivity contribution is 7.22. The third-order valence-electron chi connectivity index (χ3n) is 6.31. The molecular weight excluding hydrogens is 422 g/mol. The van der Waals surface area contributed by atoms with Crippen molar-refractivity contribution in [3.05, 3.63) is 11.8 Å². The van der Waals surface area contributed by atoms with Gasteiger partial charge in [-0.25, -0.2) is 19.6 Å². The second-order valence-electron chi connectivity index (χ2n) is 8.15. The molecule has 0 bridgehead atoms. The highest BCUT2D eigenvalue weighted by Gasteiger charge is 2.43. The van der Waals surface area contributed by atoms with Gasteiger partial charge >= 0.3 is 12.1 Å². The molecule has 0 aliphatic carbocycles. The Morgan fingerprint density at radius 1 is 1.35 bits per heavy atom. The third kappa shape index (κ3) is 3.87. The summed E-state index contributed by atoms with van der Waals surface area (Å²) >= 11 is 1.45. The van der Waals surface area contributed by atoms with Crippen LogP contribution in [0.1, 0.15) is 37.2 Å².